The van der Waals surface area contributed by atoms with Crippen LogP contribution in [0.3, 0.4) is 0 Å². The van der Waals surface area contributed by atoms with Crippen LogP contribution in [0.4, 0.5) is 0 Å². The summed E-state index contributed by atoms with van der Waals surface area (Å²) >= 11 is 0. The zero-order valence-corrected chi connectivity index (χ0v) is 15.1. The van der Waals surface area contributed by atoms with E-state index in [1.54, 1.807) is 36.4 Å². The number of ketones is 1. The average Bonchev–Trinajstić information content (AvgIpc) is 2.74. The molecule has 0 spiro atoms. The van der Waals surface area contributed by atoms with Crippen LogP contribution in [0, 0.1) is 0 Å². The molecular formula is C22H18N2O4. The Kier molecular flexibility index (Phi) is 5.81. The van der Waals surface area contributed by atoms with E-state index in [4.69, 9.17) is 4.74 Å². The lowest BCUT2D eigenvalue weighted by Crippen LogP contribution is -2.15. The van der Waals surface area contributed by atoms with E-state index in [2.05, 4.69) is 10.2 Å². The first-order valence-corrected chi connectivity index (χ1v) is 8.46. The van der Waals surface area contributed by atoms with E-state index >= 15 is 0 Å². The zero-order valence-electron chi connectivity index (χ0n) is 15.1. The molecule has 0 aliphatic carbocycles. The lowest BCUT2D eigenvalue weighted by Gasteiger charge is -2.06. The first-order valence-electron chi connectivity index (χ1n) is 8.46. The first-order chi connectivity index (χ1) is 13.6. The zero-order chi connectivity index (χ0) is 19.9. The molecule has 0 heterocycles. The van der Waals surface area contributed by atoms with Crippen LogP contribution < -0.4 is 4.74 Å². The lowest BCUT2D eigenvalue weighted by molar-refractivity contribution is 0.106. The summed E-state index contributed by atoms with van der Waals surface area (Å²) in [4.78, 5) is 12.9. The maximum atomic E-state index is 12.9. The Balaban J connectivity index is 1.97. The van der Waals surface area contributed by atoms with E-state index < -0.39 is 0 Å². The van der Waals surface area contributed by atoms with E-state index in [1.165, 1.54) is 25.5 Å². The van der Waals surface area contributed by atoms with Crippen molar-refractivity contribution in [2.24, 2.45) is 10.2 Å². The van der Waals surface area contributed by atoms with Gasteiger partial charge in [-0.1, -0.05) is 60.7 Å². The molecule has 0 aliphatic rings. The summed E-state index contributed by atoms with van der Waals surface area (Å²) < 4.78 is 5.00. The standard InChI is InChI=1S/C22H18N2O4/c1-28-19-13-15(12-18(25)22(19)27)14-23-24-20(16-8-4-2-5-9-16)21(26)17-10-6-3-7-11-17/h2-14,25,27H,1H3/b23-14+,24-20+. The topological polar surface area (TPSA) is 91.5 Å². The van der Waals surface area contributed by atoms with Gasteiger partial charge in [0.15, 0.2) is 11.5 Å². The third-order valence-corrected chi connectivity index (χ3v) is 3.96. The van der Waals surface area contributed by atoms with Crippen LogP contribution >= 0.6 is 0 Å². The quantitative estimate of drug-likeness (QED) is 0.297. The van der Waals surface area contributed by atoms with Gasteiger partial charge in [-0.15, -0.1) is 5.10 Å². The van der Waals surface area contributed by atoms with E-state index in [0.717, 1.165) is 0 Å². The van der Waals surface area contributed by atoms with Gasteiger partial charge in [0.2, 0.25) is 11.5 Å². The van der Waals surface area contributed by atoms with Crippen LogP contribution in [-0.4, -0.2) is 35.0 Å². The highest BCUT2D eigenvalue weighted by molar-refractivity contribution is 6.51. The van der Waals surface area contributed by atoms with E-state index in [9.17, 15) is 15.0 Å². The molecule has 6 heteroatoms. The SMILES string of the molecule is COc1cc(/C=N/N=C(/C(=O)c2ccccc2)c2ccccc2)cc(O)c1O. The second-order valence-corrected chi connectivity index (χ2v) is 5.85. The van der Waals surface area contributed by atoms with Gasteiger partial charge in [0, 0.05) is 16.7 Å². The number of rotatable bonds is 6. The Morgan fingerprint density at radius 2 is 1.54 bits per heavy atom. The van der Waals surface area contributed by atoms with E-state index in [0.29, 0.717) is 16.7 Å². The molecular weight excluding hydrogens is 356 g/mol. The highest BCUT2D eigenvalue weighted by Crippen LogP contribution is 2.35. The van der Waals surface area contributed by atoms with Gasteiger partial charge in [-0.3, -0.25) is 4.79 Å². The van der Waals surface area contributed by atoms with Crippen LogP contribution in [0.2, 0.25) is 0 Å². The summed E-state index contributed by atoms with van der Waals surface area (Å²) in [5.41, 5.74) is 1.79. The minimum absolute atomic E-state index is 0.106. The van der Waals surface area contributed by atoms with Gasteiger partial charge in [-0.25, -0.2) is 0 Å². The van der Waals surface area contributed by atoms with Crippen molar-refractivity contribution in [3.05, 3.63) is 89.5 Å². The van der Waals surface area contributed by atoms with Crippen molar-refractivity contribution in [2.75, 3.05) is 7.11 Å². The maximum Gasteiger partial charge on any atom is 0.213 e. The van der Waals surface area contributed by atoms with Crippen molar-refractivity contribution in [1.29, 1.82) is 0 Å². The number of nitrogens with zero attached hydrogens (tertiary/aromatic N) is 2. The Labute approximate surface area is 162 Å². The van der Waals surface area contributed by atoms with E-state index in [1.807, 2.05) is 24.3 Å². The second-order valence-electron chi connectivity index (χ2n) is 5.85. The van der Waals surface area contributed by atoms with Crippen molar-refractivity contribution in [1.82, 2.24) is 0 Å². The van der Waals surface area contributed by atoms with E-state index in [-0.39, 0.29) is 28.7 Å². The monoisotopic (exact) mass is 374 g/mol. The molecule has 28 heavy (non-hydrogen) atoms. The Bertz CT molecular complexity index is 1030. The smallest absolute Gasteiger partial charge is 0.213 e. The summed E-state index contributed by atoms with van der Waals surface area (Å²) in [6.07, 6.45) is 1.36. The number of Topliss-reactive ketones (excluding diaryl/α,β-unsaturated/α-hetero) is 1. The molecule has 0 unspecified atom stereocenters. The predicted octanol–water partition coefficient (Wildman–Crippen LogP) is 3.81. The van der Waals surface area contributed by atoms with Gasteiger partial charge in [0.25, 0.3) is 0 Å². The van der Waals surface area contributed by atoms with Gasteiger partial charge in [-0.05, 0) is 12.1 Å². The number of ether oxygens (including phenoxy) is 1. The number of carbonyl (C=O) groups is 1. The Hall–Kier alpha value is -3.93. The minimum atomic E-state index is -0.354. The normalized spacial score (nSPS) is 11.5. The number of hydrogen-bond acceptors (Lipinski definition) is 6. The molecule has 3 rings (SSSR count). The number of carbonyl (C=O) groups excluding carboxylic acids is 1. The summed E-state index contributed by atoms with van der Waals surface area (Å²) in [6, 6.07) is 20.7. The van der Waals surface area contributed by atoms with Crippen LogP contribution in [-0.2, 0) is 0 Å². The number of methoxy groups -OCH3 is 1. The second kappa shape index (κ2) is 8.64. The highest BCUT2D eigenvalue weighted by Gasteiger charge is 2.16. The third kappa shape index (κ3) is 4.24. The molecule has 2 N–H and O–H groups in total. The van der Waals surface area contributed by atoms with Gasteiger partial charge in [-0.2, -0.15) is 5.10 Å². The van der Waals surface area contributed by atoms with Crippen LogP contribution in [0.1, 0.15) is 21.5 Å². The fourth-order valence-electron chi connectivity index (χ4n) is 2.55. The highest BCUT2D eigenvalue weighted by atomic mass is 16.5. The van der Waals surface area contributed by atoms with Crippen LogP contribution in [0.15, 0.2) is 83.0 Å². The molecule has 0 aromatic heterocycles. The van der Waals surface area contributed by atoms with Crippen molar-refractivity contribution >= 4 is 17.7 Å². The summed E-state index contributed by atoms with van der Waals surface area (Å²) in [5.74, 6) is -0.843. The minimum Gasteiger partial charge on any atom is -0.504 e. The molecule has 6 nitrogen and oxygen atoms in total. The molecule has 3 aromatic carbocycles. The molecule has 0 saturated heterocycles. The molecule has 140 valence electrons. The average molecular weight is 374 g/mol. The van der Waals surface area contributed by atoms with Crippen molar-refractivity contribution in [3.63, 3.8) is 0 Å². The Morgan fingerprint density at radius 1 is 0.929 bits per heavy atom. The van der Waals surface area contributed by atoms with Gasteiger partial charge >= 0.3 is 0 Å². The first kappa shape index (κ1) is 18.8. The molecule has 3 aromatic rings. The van der Waals surface area contributed by atoms with Gasteiger partial charge in [0.1, 0.15) is 5.71 Å². The van der Waals surface area contributed by atoms with Gasteiger partial charge in [0.05, 0.1) is 13.3 Å². The number of hydrogen-bond donors (Lipinski definition) is 2. The molecule has 0 atom stereocenters. The molecule has 0 fully saturated rings. The maximum absolute atomic E-state index is 12.9. The molecule has 0 saturated carbocycles. The number of aromatic hydroxyl groups is 2. The van der Waals surface area contributed by atoms with Crippen molar-refractivity contribution < 1.29 is 19.7 Å². The fraction of sp³-hybridized carbons (Fsp3) is 0.0455. The third-order valence-electron chi connectivity index (χ3n) is 3.96. The molecule has 0 amide bonds. The fourth-order valence-corrected chi connectivity index (χ4v) is 2.55. The number of phenolic OH excluding ortho intramolecular Hbond substituents is 2. The van der Waals surface area contributed by atoms with Crippen molar-refractivity contribution in [2.45, 2.75) is 0 Å². The number of phenols is 2. The summed E-state index contributed by atoms with van der Waals surface area (Å²) in [7, 11) is 1.37. The van der Waals surface area contributed by atoms with Gasteiger partial charge < -0.3 is 14.9 Å². The lowest BCUT2D eigenvalue weighted by atomic mass is 10.0. The van der Waals surface area contributed by atoms with Crippen LogP contribution in [0.25, 0.3) is 0 Å². The Morgan fingerprint density at radius 3 is 2.14 bits per heavy atom. The van der Waals surface area contributed by atoms with Crippen molar-refractivity contribution in [3.8, 4) is 17.2 Å². The number of benzene rings is 3. The largest absolute Gasteiger partial charge is 0.504 e. The molecule has 0 bridgehead atoms. The summed E-state index contributed by atoms with van der Waals surface area (Å²) in [5, 5.41) is 27.6. The predicted molar refractivity (Wildman–Crippen MR) is 108 cm³/mol. The molecule has 0 aliphatic heterocycles. The summed E-state index contributed by atoms with van der Waals surface area (Å²) in [6.45, 7) is 0. The van der Waals surface area contributed by atoms with Crippen LogP contribution in [0.5, 0.6) is 17.2 Å². The molecule has 0 radical (unpaired) electrons.